The summed E-state index contributed by atoms with van der Waals surface area (Å²) in [7, 11) is 0. The standard InChI is InChI=1S/C32H55N3O10.C5H12/c1-23(2)30(26(37)22-25(31(41)32(4,5)6)8-7-12-33-24(3)36)34-27(38)11-14-42-16-18-44-20-21-45-19-17-43-15-13-35-28(39)9-10-29(35)40;1-5(2,3)4/h23,25,30H,7-22H2,1-6H3,(H,33,36)(H,34,38);1-4H3/t25-,30+;/m1./s1. The molecule has 0 spiro atoms. The number of hydrogen-bond donors (Lipinski definition) is 2. The lowest BCUT2D eigenvalue weighted by Crippen LogP contribution is -2.46. The van der Waals surface area contributed by atoms with Crippen LogP contribution in [-0.4, -0.2) is 112 Å². The molecule has 1 heterocycles. The molecule has 2 N–H and O–H groups in total. The summed E-state index contributed by atoms with van der Waals surface area (Å²) in [5.41, 5.74) is -0.111. The summed E-state index contributed by atoms with van der Waals surface area (Å²) in [5, 5.41) is 5.54. The van der Waals surface area contributed by atoms with Crippen molar-refractivity contribution in [2.24, 2.45) is 22.7 Å². The highest BCUT2D eigenvalue weighted by atomic mass is 16.6. The van der Waals surface area contributed by atoms with E-state index in [9.17, 15) is 28.8 Å². The zero-order valence-corrected chi connectivity index (χ0v) is 32.6. The normalized spacial score (nSPS) is 14.7. The number of carbonyl (C=O) groups is 6. The number of rotatable bonds is 25. The Morgan fingerprint density at radius 2 is 1.22 bits per heavy atom. The molecule has 0 bridgehead atoms. The molecular weight excluding hydrogens is 646 g/mol. The van der Waals surface area contributed by atoms with Crippen LogP contribution in [0.5, 0.6) is 0 Å². The number of likely N-dealkylation sites (tertiary alicyclic amines) is 1. The second-order valence-corrected chi connectivity index (χ2v) is 15.5. The molecule has 1 rings (SSSR count). The molecule has 13 heteroatoms. The van der Waals surface area contributed by atoms with Gasteiger partial charge in [-0.25, -0.2) is 0 Å². The number of nitrogens with one attached hydrogen (secondary N) is 2. The van der Waals surface area contributed by atoms with E-state index in [1.807, 2.05) is 34.6 Å². The second kappa shape index (κ2) is 25.3. The predicted octanol–water partition coefficient (Wildman–Crippen LogP) is 3.89. The number of imide groups is 1. The van der Waals surface area contributed by atoms with Crippen molar-refractivity contribution in [3.63, 3.8) is 0 Å². The van der Waals surface area contributed by atoms with Crippen LogP contribution in [0.25, 0.3) is 0 Å². The van der Waals surface area contributed by atoms with E-state index in [0.717, 1.165) is 0 Å². The minimum atomic E-state index is -0.713. The molecular formula is C37H67N3O10. The SMILES string of the molecule is CC(=O)NCCC[C@H](CC(=O)[C@@H](NC(=O)CCOCCOCCOCCOCCN1C(=O)CCC1=O)C(C)C)C(=O)C(C)(C)C.CC(C)(C)C. The van der Waals surface area contributed by atoms with Crippen molar-refractivity contribution in [3.8, 4) is 0 Å². The molecule has 290 valence electrons. The first-order valence-corrected chi connectivity index (χ1v) is 18.0. The van der Waals surface area contributed by atoms with E-state index >= 15 is 0 Å². The van der Waals surface area contributed by atoms with Gasteiger partial charge in [0.2, 0.25) is 23.6 Å². The van der Waals surface area contributed by atoms with Crippen molar-refractivity contribution in [1.29, 1.82) is 0 Å². The van der Waals surface area contributed by atoms with Crippen molar-refractivity contribution in [1.82, 2.24) is 15.5 Å². The minimum absolute atomic E-state index is 0.00805. The average Bonchev–Trinajstić information content (AvgIpc) is 3.31. The van der Waals surface area contributed by atoms with E-state index in [1.54, 1.807) is 0 Å². The predicted molar refractivity (Wildman–Crippen MR) is 191 cm³/mol. The summed E-state index contributed by atoms with van der Waals surface area (Å²) in [6.07, 6.45) is 1.73. The Morgan fingerprint density at radius 1 is 0.760 bits per heavy atom. The van der Waals surface area contributed by atoms with Gasteiger partial charge in [-0.3, -0.25) is 33.7 Å². The maximum atomic E-state index is 13.2. The number of nitrogens with zero attached hydrogens (tertiary/aromatic N) is 1. The van der Waals surface area contributed by atoms with Crippen LogP contribution >= 0.6 is 0 Å². The van der Waals surface area contributed by atoms with E-state index in [1.165, 1.54) is 11.8 Å². The smallest absolute Gasteiger partial charge is 0.229 e. The molecule has 50 heavy (non-hydrogen) atoms. The number of ketones is 2. The average molecular weight is 714 g/mol. The zero-order chi connectivity index (χ0) is 38.3. The Hall–Kier alpha value is -2.74. The highest BCUT2D eigenvalue weighted by Gasteiger charge is 2.34. The minimum Gasteiger partial charge on any atom is -0.379 e. The van der Waals surface area contributed by atoms with Crippen LogP contribution in [0.1, 0.15) is 108 Å². The molecule has 13 nitrogen and oxygen atoms in total. The monoisotopic (exact) mass is 713 g/mol. The van der Waals surface area contributed by atoms with Crippen molar-refractivity contribution in [3.05, 3.63) is 0 Å². The van der Waals surface area contributed by atoms with Crippen LogP contribution in [0.4, 0.5) is 0 Å². The summed E-state index contributed by atoms with van der Waals surface area (Å²) >= 11 is 0. The van der Waals surface area contributed by atoms with Crippen LogP contribution in [0, 0.1) is 22.7 Å². The van der Waals surface area contributed by atoms with Crippen LogP contribution in [-0.2, 0) is 47.7 Å². The summed E-state index contributed by atoms with van der Waals surface area (Å²) in [5.74, 6) is -1.58. The highest BCUT2D eigenvalue weighted by molar-refractivity contribution is 6.01. The molecule has 0 aliphatic carbocycles. The molecule has 4 amide bonds. The Bertz CT molecular complexity index is 1030. The topological polar surface area (TPSA) is 167 Å². The van der Waals surface area contributed by atoms with Gasteiger partial charge in [0.05, 0.1) is 65.4 Å². The Labute approximate surface area is 300 Å². The van der Waals surface area contributed by atoms with Gasteiger partial charge in [0.1, 0.15) is 5.78 Å². The number of ether oxygens (including phenoxy) is 4. The first-order chi connectivity index (χ1) is 23.2. The van der Waals surface area contributed by atoms with Crippen LogP contribution < -0.4 is 10.6 Å². The van der Waals surface area contributed by atoms with E-state index in [4.69, 9.17) is 18.9 Å². The fourth-order valence-electron chi connectivity index (χ4n) is 4.74. The van der Waals surface area contributed by atoms with Gasteiger partial charge in [0, 0.05) is 50.5 Å². The zero-order valence-electron chi connectivity index (χ0n) is 32.6. The van der Waals surface area contributed by atoms with Gasteiger partial charge >= 0.3 is 0 Å². The first kappa shape index (κ1) is 47.3. The quantitative estimate of drug-likeness (QED) is 0.105. The third kappa shape index (κ3) is 24.4. The van der Waals surface area contributed by atoms with E-state index in [0.29, 0.717) is 64.4 Å². The van der Waals surface area contributed by atoms with E-state index < -0.39 is 17.4 Å². The Balaban J connectivity index is 0.00000445. The molecule has 2 atom stereocenters. The number of amides is 4. The molecule has 0 aromatic rings. The lowest BCUT2D eigenvalue weighted by atomic mass is 9.78. The van der Waals surface area contributed by atoms with Crippen LogP contribution in [0.15, 0.2) is 0 Å². The number of Topliss-reactive ketones (excluding diaryl/α,β-unsaturated/α-hetero) is 2. The molecule has 0 radical (unpaired) electrons. The van der Waals surface area contributed by atoms with Crippen molar-refractivity contribution in [2.75, 3.05) is 65.9 Å². The summed E-state index contributed by atoms with van der Waals surface area (Å²) in [6.45, 7) is 22.6. The lowest BCUT2D eigenvalue weighted by Gasteiger charge is -2.27. The maximum absolute atomic E-state index is 13.2. The molecule has 0 saturated carbocycles. The van der Waals surface area contributed by atoms with Crippen molar-refractivity contribution in [2.45, 2.75) is 114 Å². The van der Waals surface area contributed by atoms with Gasteiger partial charge in [-0.2, -0.15) is 0 Å². The molecule has 1 aliphatic heterocycles. The third-order valence-corrected chi connectivity index (χ3v) is 7.19. The third-order valence-electron chi connectivity index (χ3n) is 7.19. The highest BCUT2D eigenvalue weighted by Crippen LogP contribution is 2.27. The van der Waals surface area contributed by atoms with E-state index in [2.05, 4.69) is 38.3 Å². The Morgan fingerprint density at radius 3 is 1.66 bits per heavy atom. The molecule has 0 unspecified atom stereocenters. The largest absolute Gasteiger partial charge is 0.379 e. The van der Waals surface area contributed by atoms with Gasteiger partial charge in [-0.1, -0.05) is 62.3 Å². The van der Waals surface area contributed by atoms with Gasteiger partial charge in [-0.15, -0.1) is 0 Å². The number of hydrogen-bond acceptors (Lipinski definition) is 10. The fraction of sp³-hybridized carbons (Fsp3) is 0.838. The molecule has 0 aromatic carbocycles. The second-order valence-electron chi connectivity index (χ2n) is 15.5. The van der Waals surface area contributed by atoms with Crippen molar-refractivity contribution >= 4 is 35.2 Å². The first-order valence-electron chi connectivity index (χ1n) is 18.0. The number of carbonyl (C=O) groups excluding carboxylic acids is 6. The molecule has 1 fully saturated rings. The van der Waals surface area contributed by atoms with Crippen molar-refractivity contribution < 1.29 is 47.7 Å². The molecule has 0 aromatic heterocycles. The Kier molecular flexibility index (Phi) is 23.9. The molecule has 1 saturated heterocycles. The van der Waals surface area contributed by atoms with Crippen LogP contribution in [0.3, 0.4) is 0 Å². The van der Waals surface area contributed by atoms with Gasteiger partial charge < -0.3 is 29.6 Å². The maximum Gasteiger partial charge on any atom is 0.229 e. The fourth-order valence-corrected chi connectivity index (χ4v) is 4.74. The molecule has 1 aliphatic rings. The summed E-state index contributed by atoms with van der Waals surface area (Å²) in [6, 6.07) is -0.713. The van der Waals surface area contributed by atoms with Gasteiger partial charge in [0.25, 0.3) is 0 Å². The summed E-state index contributed by atoms with van der Waals surface area (Å²) in [4.78, 5) is 74.3. The van der Waals surface area contributed by atoms with Gasteiger partial charge in [-0.05, 0) is 24.2 Å². The van der Waals surface area contributed by atoms with Crippen LogP contribution in [0.2, 0.25) is 0 Å². The lowest BCUT2D eigenvalue weighted by molar-refractivity contribution is -0.139. The summed E-state index contributed by atoms with van der Waals surface area (Å²) < 4.78 is 21.7. The van der Waals surface area contributed by atoms with E-state index in [-0.39, 0.29) is 86.6 Å². The van der Waals surface area contributed by atoms with Gasteiger partial charge in [0.15, 0.2) is 5.78 Å².